The maximum Gasteiger partial charge on any atom is 0.233 e. The number of hydrogen-bond donors (Lipinski definition) is 3. The highest BCUT2D eigenvalue weighted by molar-refractivity contribution is 7.73. The molecule has 0 aliphatic carbocycles. The quantitative estimate of drug-likeness (QED) is 0.190. The SMILES string of the molecule is CCc1cccc(CNC[C@H](O)[C@H](Cc2cc(F)cc(F)c2)NC(=O)CCC(=O)n2c(=S)sc3ccccc32)c1. The molecule has 6 nitrogen and oxygen atoms in total. The lowest BCUT2D eigenvalue weighted by Crippen LogP contribution is -2.48. The van der Waals surface area contributed by atoms with Crippen LogP contribution in [0.1, 0.15) is 41.3 Å². The molecular weight excluding hydrogens is 552 g/mol. The highest BCUT2D eigenvalue weighted by Crippen LogP contribution is 2.23. The molecule has 0 aliphatic heterocycles. The highest BCUT2D eigenvalue weighted by atomic mass is 32.1. The summed E-state index contributed by atoms with van der Waals surface area (Å²) in [4.78, 5) is 25.8. The van der Waals surface area contributed by atoms with E-state index in [1.165, 1.54) is 33.6 Å². The van der Waals surface area contributed by atoms with Gasteiger partial charge < -0.3 is 15.7 Å². The van der Waals surface area contributed by atoms with E-state index in [0.717, 1.165) is 22.8 Å². The van der Waals surface area contributed by atoms with Crippen LogP contribution in [0.3, 0.4) is 0 Å². The normalized spacial score (nSPS) is 12.8. The summed E-state index contributed by atoms with van der Waals surface area (Å²) in [6.45, 7) is 2.71. The van der Waals surface area contributed by atoms with E-state index >= 15 is 0 Å². The number of carbonyl (C=O) groups is 2. The fourth-order valence-electron chi connectivity index (χ4n) is 4.55. The van der Waals surface area contributed by atoms with Gasteiger partial charge in [0.2, 0.25) is 11.8 Å². The van der Waals surface area contributed by atoms with E-state index < -0.39 is 29.7 Å². The first kappa shape index (κ1) is 29.7. The Morgan fingerprint density at radius 3 is 2.45 bits per heavy atom. The molecule has 0 fully saturated rings. The van der Waals surface area contributed by atoms with Crippen molar-refractivity contribution in [1.82, 2.24) is 15.2 Å². The number of amides is 1. The maximum absolute atomic E-state index is 13.8. The largest absolute Gasteiger partial charge is 0.390 e. The fraction of sp³-hybridized carbons (Fsp3) is 0.300. The molecule has 40 heavy (non-hydrogen) atoms. The number of nitrogens with zero attached hydrogens (tertiary/aromatic N) is 1. The Morgan fingerprint density at radius 1 is 0.975 bits per heavy atom. The first-order valence-corrected chi connectivity index (χ1v) is 14.3. The molecule has 1 aromatic heterocycles. The number of aliphatic hydroxyl groups is 1. The molecule has 3 N–H and O–H groups in total. The summed E-state index contributed by atoms with van der Waals surface area (Å²) in [7, 11) is 0. The number of hydrogen-bond acceptors (Lipinski definition) is 6. The summed E-state index contributed by atoms with van der Waals surface area (Å²) in [5.41, 5.74) is 3.24. The van der Waals surface area contributed by atoms with Crippen LogP contribution in [0.5, 0.6) is 0 Å². The minimum Gasteiger partial charge on any atom is -0.390 e. The Bertz CT molecular complexity index is 1530. The van der Waals surface area contributed by atoms with Crippen molar-refractivity contribution in [2.45, 2.75) is 51.3 Å². The smallest absolute Gasteiger partial charge is 0.233 e. The number of halogens is 2. The zero-order valence-corrected chi connectivity index (χ0v) is 23.7. The van der Waals surface area contributed by atoms with Crippen LogP contribution in [0.15, 0.2) is 66.7 Å². The van der Waals surface area contributed by atoms with Gasteiger partial charge in [0.25, 0.3) is 0 Å². The van der Waals surface area contributed by atoms with Crippen molar-refractivity contribution < 1.29 is 23.5 Å². The predicted octanol–water partition coefficient (Wildman–Crippen LogP) is 5.57. The number of aryl methyl sites for hydroxylation is 1. The van der Waals surface area contributed by atoms with Crippen LogP contribution in [0.25, 0.3) is 10.2 Å². The third kappa shape index (κ3) is 7.88. The second-order valence-corrected chi connectivity index (χ2v) is 11.3. The second-order valence-electron chi connectivity index (χ2n) is 9.59. The van der Waals surface area contributed by atoms with Crippen LogP contribution < -0.4 is 10.6 Å². The van der Waals surface area contributed by atoms with Gasteiger partial charge in [-0.25, -0.2) is 8.78 Å². The molecule has 0 saturated heterocycles. The Labute approximate surface area is 240 Å². The van der Waals surface area contributed by atoms with E-state index in [-0.39, 0.29) is 31.7 Å². The van der Waals surface area contributed by atoms with Gasteiger partial charge in [-0.1, -0.05) is 43.3 Å². The molecule has 4 aromatic rings. The number of benzene rings is 3. The molecule has 10 heteroatoms. The standard InChI is InChI=1S/C30H31F2N3O3S2/c1-2-19-6-5-7-20(12-19)17-33-18-26(36)24(15-21-13-22(31)16-23(32)14-21)34-28(37)10-11-29(38)35-25-8-3-4-9-27(25)40-30(35)39/h3-9,12-14,16,24,26,33,36H,2,10-11,15,17-18H2,1H3,(H,34,37)/t24-,26-/m0/s1. The first-order valence-electron chi connectivity index (χ1n) is 13.1. The zero-order valence-electron chi connectivity index (χ0n) is 22.0. The lowest BCUT2D eigenvalue weighted by molar-refractivity contribution is -0.122. The number of rotatable bonds is 12. The zero-order chi connectivity index (χ0) is 28.6. The van der Waals surface area contributed by atoms with Crippen molar-refractivity contribution in [3.63, 3.8) is 0 Å². The van der Waals surface area contributed by atoms with Gasteiger partial charge in [-0.05, 0) is 66.0 Å². The van der Waals surface area contributed by atoms with E-state index in [9.17, 15) is 23.5 Å². The lowest BCUT2D eigenvalue weighted by Gasteiger charge is -2.25. The maximum atomic E-state index is 13.8. The monoisotopic (exact) mass is 583 g/mol. The van der Waals surface area contributed by atoms with E-state index in [1.807, 2.05) is 36.4 Å². The van der Waals surface area contributed by atoms with Crippen molar-refractivity contribution in [3.05, 3.63) is 99.0 Å². The van der Waals surface area contributed by atoms with Gasteiger partial charge in [0.15, 0.2) is 3.95 Å². The van der Waals surface area contributed by atoms with Gasteiger partial charge in [0.1, 0.15) is 11.6 Å². The average molecular weight is 584 g/mol. The van der Waals surface area contributed by atoms with Crippen LogP contribution >= 0.6 is 23.6 Å². The average Bonchev–Trinajstić information content (AvgIpc) is 3.26. The minimum absolute atomic E-state index is 0.00274. The number of nitrogens with one attached hydrogen (secondary N) is 2. The molecule has 0 aliphatic rings. The molecule has 1 amide bonds. The molecule has 0 radical (unpaired) electrons. The molecule has 2 atom stereocenters. The van der Waals surface area contributed by atoms with Crippen LogP contribution in [0, 0.1) is 15.6 Å². The summed E-state index contributed by atoms with van der Waals surface area (Å²) in [5.74, 6) is -2.25. The molecule has 210 valence electrons. The number of aliphatic hydroxyl groups excluding tert-OH is 1. The van der Waals surface area contributed by atoms with Crippen molar-refractivity contribution in [3.8, 4) is 0 Å². The molecule has 0 unspecified atom stereocenters. The molecule has 0 bridgehead atoms. The molecule has 4 rings (SSSR count). The summed E-state index contributed by atoms with van der Waals surface area (Å²) in [5, 5.41) is 16.9. The summed E-state index contributed by atoms with van der Waals surface area (Å²) >= 11 is 6.68. The highest BCUT2D eigenvalue weighted by Gasteiger charge is 2.23. The number of carbonyl (C=O) groups excluding carboxylic acids is 2. The van der Waals surface area contributed by atoms with Gasteiger partial charge in [-0.2, -0.15) is 0 Å². The van der Waals surface area contributed by atoms with Crippen LogP contribution in [-0.2, 0) is 24.2 Å². The van der Waals surface area contributed by atoms with Crippen molar-refractivity contribution in [1.29, 1.82) is 0 Å². The Balaban J connectivity index is 1.40. The minimum atomic E-state index is -1.06. The van der Waals surface area contributed by atoms with E-state index in [0.29, 0.717) is 21.6 Å². The Hall–Kier alpha value is -3.31. The lowest BCUT2D eigenvalue weighted by atomic mass is 10.00. The van der Waals surface area contributed by atoms with Crippen LogP contribution in [0.4, 0.5) is 8.78 Å². The van der Waals surface area contributed by atoms with Crippen molar-refractivity contribution >= 4 is 45.6 Å². The van der Waals surface area contributed by atoms with Gasteiger partial charge in [0, 0.05) is 32.0 Å². The summed E-state index contributed by atoms with van der Waals surface area (Å²) in [6.07, 6.45) is -0.378. The summed E-state index contributed by atoms with van der Waals surface area (Å²) in [6, 6.07) is 17.7. The van der Waals surface area contributed by atoms with Gasteiger partial charge >= 0.3 is 0 Å². The van der Waals surface area contributed by atoms with E-state index in [2.05, 4.69) is 23.6 Å². The van der Waals surface area contributed by atoms with Crippen LogP contribution in [-0.4, -0.2) is 40.2 Å². The summed E-state index contributed by atoms with van der Waals surface area (Å²) < 4.78 is 30.4. The van der Waals surface area contributed by atoms with Gasteiger partial charge in [-0.3, -0.25) is 14.2 Å². The Morgan fingerprint density at radius 2 is 1.70 bits per heavy atom. The van der Waals surface area contributed by atoms with E-state index in [1.54, 1.807) is 6.07 Å². The molecule has 3 aromatic carbocycles. The van der Waals surface area contributed by atoms with Gasteiger partial charge in [0.05, 0.1) is 22.4 Å². The number of para-hydroxylation sites is 1. The number of fused-ring (bicyclic) bond motifs is 1. The third-order valence-electron chi connectivity index (χ3n) is 6.57. The van der Waals surface area contributed by atoms with Crippen molar-refractivity contribution in [2.75, 3.05) is 6.54 Å². The van der Waals surface area contributed by atoms with Crippen molar-refractivity contribution in [2.24, 2.45) is 0 Å². The van der Waals surface area contributed by atoms with Crippen LogP contribution in [0.2, 0.25) is 0 Å². The van der Waals surface area contributed by atoms with E-state index in [4.69, 9.17) is 12.2 Å². The number of thiazole rings is 1. The third-order valence-corrected chi connectivity index (χ3v) is 7.93. The first-order chi connectivity index (χ1) is 19.2. The molecule has 1 heterocycles. The topological polar surface area (TPSA) is 83.4 Å². The molecular formula is C30H31F2N3O3S2. The number of aromatic nitrogens is 1. The Kier molecular flexibility index (Phi) is 10.3. The molecule has 0 spiro atoms. The fourth-order valence-corrected chi connectivity index (χ4v) is 5.91. The predicted molar refractivity (Wildman–Crippen MR) is 156 cm³/mol. The second kappa shape index (κ2) is 13.8. The van der Waals surface area contributed by atoms with Gasteiger partial charge in [-0.15, -0.1) is 11.3 Å². The molecule has 0 saturated carbocycles.